The summed E-state index contributed by atoms with van der Waals surface area (Å²) in [6.07, 6.45) is 1.54. The minimum absolute atomic E-state index is 0.512. The van der Waals surface area contributed by atoms with Crippen molar-refractivity contribution in [1.82, 2.24) is 25.4 Å². The van der Waals surface area contributed by atoms with E-state index in [4.69, 9.17) is 0 Å². The van der Waals surface area contributed by atoms with E-state index in [1.807, 2.05) is 24.9 Å². The van der Waals surface area contributed by atoms with Crippen LogP contribution in [0.25, 0.3) is 0 Å². The molecule has 1 aromatic carbocycles. The number of benzene rings is 1. The highest BCUT2D eigenvalue weighted by Gasteiger charge is 2.01. The van der Waals surface area contributed by atoms with Gasteiger partial charge in [0.05, 0.1) is 0 Å². The van der Waals surface area contributed by atoms with Gasteiger partial charge in [0, 0.05) is 30.8 Å². The van der Waals surface area contributed by atoms with E-state index in [0.717, 1.165) is 30.6 Å². The van der Waals surface area contributed by atoms with E-state index >= 15 is 0 Å². The van der Waals surface area contributed by atoms with Crippen LogP contribution in [0.1, 0.15) is 12.7 Å². The first-order valence-corrected chi connectivity index (χ1v) is 8.31. The average molecular weight is 318 g/mol. The van der Waals surface area contributed by atoms with Gasteiger partial charge in [-0.05, 0) is 19.1 Å². The third-order valence-electron chi connectivity index (χ3n) is 2.93. The quantitative estimate of drug-likeness (QED) is 0.352. The molecule has 6 nitrogen and oxygen atoms in total. The number of guanidine groups is 1. The number of hydrogen-bond donors (Lipinski definition) is 2. The van der Waals surface area contributed by atoms with E-state index in [-0.39, 0.29) is 0 Å². The Morgan fingerprint density at radius 2 is 2.09 bits per heavy atom. The van der Waals surface area contributed by atoms with E-state index < -0.39 is 0 Å². The van der Waals surface area contributed by atoms with Crippen LogP contribution in [0, 0.1) is 0 Å². The van der Waals surface area contributed by atoms with E-state index in [2.05, 4.69) is 56.9 Å². The van der Waals surface area contributed by atoms with E-state index in [9.17, 15) is 0 Å². The lowest BCUT2D eigenvalue weighted by Gasteiger charge is -2.11. The largest absolute Gasteiger partial charge is 0.357 e. The van der Waals surface area contributed by atoms with Crippen molar-refractivity contribution in [2.45, 2.75) is 18.4 Å². The molecule has 0 saturated carbocycles. The first-order chi connectivity index (χ1) is 10.8. The third-order valence-corrected chi connectivity index (χ3v) is 3.95. The van der Waals surface area contributed by atoms with Gasteiger partial charge in [0.15, 0.2) is 5.96 Å². The lowest BCUT2D eigenvalue weighted by molar-refractivity contribution is 0.698. The second-order valence-corrected chi connectivity index (χ2v) is 5.75. The van der Waals surface area contributed by atoms with Gasteiger partial charge in [0.2, 0.25) is 0 Å². The number of aliphatic imine (C=N–C) groups is 1. The highest BCUT2D eigenvalue weighted by molar-refractivity contribution is 7.99. The molecule has 0 fully saturated rings. The van der Waals surface area contributed by atoms with E-state index in [1.165, 1.54) is 4.90 Å². The molecule has 2 N–H and O–H groups in total. The molecule has 1 heterocycles. The number of aryl methyl sites for hydroxylation is 1. The summed E-state index contributed by atoms with van der Waals surface area (Å²) < 4.78 is 1.73. The van der Waals surface area contributed by atoms with E-state index in [1.54, 1.807) is 11.0 Å². The molecule has 0 aliphatic carbocycles. The van der Waals surface area contributed by atoms with Gasteiger partial charge in [-0.3, -0.25) is 4.68 Å². The monoisotopic (exact) mass is 318 g/mol. The van der Waals surface area contributed by atoms with Gasteiger partial charge < -0.3 is 10.6 Å². The topological polar surface area (TPSA) is 67.1 Å². The highest BCUT2D eigenvalue weighted by atomic mass is 32.2. The molecule has 118 valence electrons. The van der Waals surface area contributed by atoms with Crippen LogP contribution in [0.3, 0.4) is 0 Å². The van der Waals surface area contributed by atoms with Gasteiger partial charge in [0.1, 0.15) is 18.7 Å². The maximum Gasteiger partial charge on any atom is 0.191 e. The van der Waals surface area contributed by atoms with Crippen LogP contribution in [0.2, 0.25) is 0 Å². The molecular weight excluding hydrogens is 296 g/mol. The fourth-order valence-corrected chi connectivity index (χ4v) is 2.60. The number of nitrogens with zero attached hydrogens (tertiary/aromatic N) is 4. The van der Waals surface area contributed by atoms with Crippen molar-refractivity contribution in [2.24, 2.45) is 12.0 Å². The molecule has 0 aliphatic rings. The zero-order valence-electron chi connectivity index (χ0n) is 13.0. The molecule has 2 aromatic rings. The summed E-state index contributed by atoms with van der Waals surface area (Å²) >= 11 is 1.83. The van der Waals surface area contributed by atoms with Gasteiger partial charge in [-0.2, -0.15) is 5.10 Å². The van der Waals surface area contributed by atoms with Crippen molar-refractivity contribution in [1.29, 1.82) is 0 Å². The summed E-state index contributed by atoms with van der Waals surface area (Å²) in [6, 6.07) is 10.4. The zero-order chi connectivity index (χ0) is 15.6. The van der Waals surface area contributed by atoms with Gasteiger partial charge in [0.25, 0.3) is 0 Å². The Labute approximate surface area is 135 Å². The molecule has 7 heteroatoms. The van der Waals surface area contributed by atoms with Gasteiger partial charge in [-0.1, -0.05) is 18.2 Å². The minimum atomic E-state index is 0.512. The maximum absolute atomic E-state index is 4.52. The number of hydrogen-bond acceptors (Lipinski definition) is 4. The van der Waals surface area contributed by atoms with Crippen molar-refractivity contribution in [2.75, 3.05) is 18.8 Å². The van der Waals surface area contributed by atoms with Crippen LogP contribution in [-0.2, 0) is 13.6 Å². The third kappa shape index (κ3) is 5.40. The summed E-state index contributed by atoms with van der Waals surface area (Å²) in [6.45, 7) is 4.25. The Balaban J connectivity index is 1.77. The van der Waals surface area contributed by atoms with E-state index in [0.29, 0.717) is 6.54 Å². The number of aromatic nitrogens is 3. The SMILES string of the molecule is CCNC(=NCc1ncnn1C)NCCSc1ccccc1. The van der Waals surface area contributed by atoms with Crippen LogP contribution >= 0.6 is 11.8 Å². The lowest BCUT2D eigenvalue weighted by atomic mass is 10.4. The molecule has 1 aromatic heterocycles. The lowest BCUT2D eigenvalue weighted by Crippen LogP contribution is -2.38. The van der Waals surface area contributed by atoms with Crippen molar-refractivity contribution >= 4 is 17.7 Å². The van der Waals surface area contributed by atoms with Gasteiger partial charge >= 0.3 is 0 Å². The second kappa shape index (κ2) is 9.09. The summed E-state index contributed by atoms with van der Waals surface area (Å²) in [7, 11) is 1.87. The molecule has 2 rings (SSSR count). The second-order valence-electron chi connectivity index (χ2n) is 4.58. The summed E-state index contributed by atoms with van der Waals surface area (Å²) in [5.41, 5.74) is 0. The summed E-state index contributed by atoms with van der Waals surface area (Å²) in [4.78, 5) is 9.97. The highest BCUT2D eigenvalue weighted by Crippen LogP contribution is 2.15. The first kappa shape index (κ1) is 16.4. The summed E-state index contributed by atoms with van der Waals surface area (Å²) in [5.74, 6) is 2.63. The van der Waals surface area contributed by atoms with Crippen LogP contribution in [-0.4, -0.2) is 39.6 Å². The standard InChI is InChI=1S/C15H22N6S/c1-3-16-15(18-11-14-19-12-20-21(14)2)17-9-10-22-13-7-5-4-6-8-13/h4-8,12H,3,9-11H2,1-2H3,(H2,16,17,18). The first-order valence-electron chi connectivity index (χ1n) is 7.32. The fourth-order valence-electron chi connectivity index (χ4n) is 1.81. The van der Waals surface area contributed by atoms with Crippen LogP contribution in [0.4, 0.5) is 0 Å². The molecule has 0 radical (unpaired) electrons. The van der Waals surface area contributed by atoms with Crippen molar-refractivity contribution in [3.05, 3.63) is 42.5 Å². The van der Waals surface area contributed by atoms with Crippen LogP contribution in [0.5, 0.6) is 0 Å². The number of thioether (sulfide) groups is 1. The van der Waals surface area contributed by atoms with Crippen molar-refractivity contribution in [3.8, 4) is 0 Å². The predicted octanol–water partition coefficient (Wildman–Crippen LogP) is 1.66. The normalized spacial score (nSPS) is 11.5. The number of rotatable bonds is 7. The smallest absolute Gasteiger partial charge is 0.191 e. The molecule has 0 saturated heterocycles. The molecule has 22 heavy (non-hydrogen) atoms. The Hall–Kier alpha value is -2.02. The summed E-state index contributed by atoms with van der Waals surface area (Å²) in [5, 5.41) is 10.6. The minimum Gasteiger partial charge on any atom is -0.357 e. The Bertz CT molecular complexity index is 581. The fraction of sp³-hybridized carbons (Fsp3) is 0.400. The van der Waals surface area contributed by atoms with Crippen molar-refractivity contribution in [3.63, 3.8) is 0 Å². The molecule has 0 spiro atoms. The Morgan fingerprint density at radius 1 is 1.27 bits per heavy atom. The maximum atomic E-state index is 4.52. The molecule has 0 atom stereocenters. The zero-order valence-corrected chi connectivity index (χ0v) is 13.8. The van der Waals surface area contributed by atoms with Crippen LogP contribution < -0.4 is 10.6 Å². The van der Waals surface area contributed by atoms with Gasteiger partial charge in [-0.25, -0.2) is 9.98 Å². The molecule has 0 unspecified atom stereocenters. The number of nitrogens with one attached hydrogen (secondary N) is 2. The Morgan fingerprint density at radius 3 is 2.77 bits per heavy atom. The van der Waals surface area contributed by atoms with Crippen LogP contribution in [0.15, 0.2) is 46.5 Å². The Kier molecular flexibility index (Phi) is 6.76. The molecule has 0 bridgehead atoms. The van der Waals surface area contributed by atoms with Gasteiger partial charge in [-0.15, -0.1) is 11.8 Å². The predicted molar refractivity (Wildman–Crippen MR) is 91.0 cm³/mol. The molecular formula is C15H22N6S. The molecule has 0 amide bonds. The molecule has 0 aliphatic heterocycles. The average Bonchev–Trinajstić information content (AvgIpc) is 2.95. The van der Waals surface area contributed by atoms with Crippen molar-refractivity contribution < 1.29 is 0 Å².